The second-order valence-corrected chi connectivity index (χ2v) is 6.19. The summed E-state index contributed by atoms with van der Waals surface area (Å²) in [5, 5.41) is 0. The minimum Gasteiger partial charge on any atom is -0.455 e. The van der Waals surface area contributed by atoms with Crippen LogP contribution in [0.5, 0.6) is 11.5 Å². The molecule has 0 fully saturated rings. The topological polar surface area (TPSA) is 58.6 Å². The van der Waals surface area contributed by atoms with Gasteiger partial charge in [-0.1, -0.05) is 30.3 Å². The van der Waals surface area contributed by atoms with Gasteiger partial charge in [-0.15, -0.1) is 0 Å². The van der Waals surface area contributed by atoms with Crippen LogP contribution in [-0.4, -0.2) is 26.8 Å². The number of hydrogen-bond donors (Lipinski definition) is 1. The van der Waals surface area contributed by atoms with Crippen molar-refractivity contribution in [2.75, 3.05) is 18.8 Å². The number of rotatable bonds is 5. The standard InChI is InChI=1S/C14H16N2O3S/c1-16(2)20(17,18)15-13-10-6-7-11-14(13)19-12-8-4-3-5-9-12/h3-11,15H,1-2H3. The molecule has 0 aromatic heterocycles. The number of ether oxygens (including phenoxy) is 1. The summed E-state index contributed by atoms with van der Waals surface area (Å²) in [5.41, 5.74) is 0.394. The molecule has 0 saturated heterocycles. The van der Waals surface area contributed by atoms with E-state index < -0.39 is 10.2 Å². The summed E-state index contributed by atoms with van der Waals surface area (Å²) in [6.45, 7) is 0. The Balaban J connectivity index is 2.27. The van der Waals surface area contributed by atoms with Crippen LogP contribution in [0.3, 0.4) is 0 Å². The van der Waals surface area contributed by atoms with Crippen molar-refractivity contribution in [1.29, 1.82) is 0 Å². The van der Waals surface area contributed by atoms with Gasteiger partial charge < -0.3 is 4.74 Å². The predicted molar refractivity (Wildman–Crippen MR) is 79.2 cm³/mol. The second-order valence-electron chi connectivity index (χ2n) is 4.30. The molecule has 0 aliphatic rings. The van der Waals surface area contributed by atoms with Gasteiger partial charge >= 0.3 is 10.2 Å². The van der Waals surface area contributed by atoms with Gasteiger partial charge in [-0.3, -0.25) is 4.72 Å². The Kier molecular flexibility index (Phi) is 4.26. The average molecular weight is 292 g/mol. The van der Waals surface area contributed by atoms with Crippen molar-refractivity contribution in [3.63, 3.8) is 0 Å². The quantitative estimate of drug-likeness (QED) is 0.921. The van der Waals surface area contributed by atoms with E-state index in [0.29, 0.717) is 17.2 Å². The average Bonchev–Trinajstić information content (AvgIpc) is 2.42. The van der Waals surface area contributed by atoms with E-state index in [-0.39, 0.29) is 0 Å². The van der Waals surface area contributed by atoms with Crippen LogP contribution in [0.2, 0.25) is 0 Å². The van der Waals surface area contributed by atoms with Crippen molar-refractivity contribution in [3.05, 3.63) is 54.6 Å². The lowest BCUT2D eigenvalue weighted by atomic mass is 10.3. The van der Waals surface area contributed by atoms with Gasteiger partial charge in [0.05, 0.1) is 5.69 Å². The lowest BCUT2D eigenvalue weighted by molar-refractivity contribution is 0.484. The molecule has 0 radical (unpaired) electrons. The number of anilines is 1. The van der Waals surface area contributed by atoms with Crippen molar-refractivity contribution >= 4 is 15.9 Å². The monoisotopic (exact) mass is 292 g/mol. The Morgan fingerprint density at radius 1 is 0.950 bits per heavy atom. The van der Waals surface area contributed by atoms with Crippen molar-refractivity contribution in [1.82, 2.24) is 4.31 Å². The van der Waals surface area contributed by atoms with Gasteiger partial charge in [0, 0.05) is 14.1 Å². The summed E-state index contributed by atoms with van der Waals surface area (Å²) in [7, 11) is -0.640. The Labute approximate surface area is 119 Å². The summed E-state index contributed by atoms with van der Waals surface area (Å²) in [6.07, 6.45) is 0. The Bertz CT molecular complexity index is 670. The van der Waals surface area contributed by atoms with Gasteiger partial charge in [-0.25, -0.2) is 0 Å². The van der Waals surface area contributed by atoms with E-state index in [9.17, 15) is 8.42 Å². The smallest absolute Gasteiger partial charge is 0.301 e. The molecule has 0 amide bonds. The predicted octanol–water partition coefficient (Wildman–Crippen LogP) is 2.70. The van der Waals surface area contributed by atoms with E-state index >= 15 is 0 Å². The third kappa shape index (κ3) is 3.49. The number of benzene rings is 2. The highest BCUT2D eigenvalue weighted by atomic mass is 32.2. The van der Waals surface area contributed by atoms with Crippen LogP contribution >= 0.6 is 0 Å². The van der Waals surface area contributed by atoms with Crippen LogP contribution < -0.4 is 9.46 Å². The van der Waals surface area contributed by atoms with Gasteiger partial charge in [-0.05, 0) is 24.3 Å². The summed E-state index contributed by atoms with van der Waals surface area (Å²) in [5.74, 6) is 1.09. The molecule has 5 nitrogen and oxygen atoms in total. The summed E-state index contributed by atoms with van der Waals surface area (Å²) < 4.78 is 33.0. The van der Waals surface area contributed by atoms with Gasteiger partial charge in [0.1, 0.15) is 5.75 Å². The Morgan fingerprint density at radius 2 is 1.55 bits per heavy atom. The van der Waals surface area contributed by atoms with E-state index in [4.69, 9.17) is 4.74 Å². The first-order valence-electron chi connectivity index (χ1n) is 6.01. The zero-order valence-corrected chi connectivity index (χ0v) is 12.1. The largest absolute Gasteiger partial charge is 0.455 e. The Hall–Kier alpha value is -2.05. The van der Waals surface area contributed by atoms with Crippen molar-refractivity contribution in [3.8, 4) is 11.5 Å². The van der Waals surface area contributed by atoms with Crippen LogP contribution in [0, 0.1) is 0 Å². The van der Waals surface area contributed by atoms with Crippen molar-refractivity contribution < 1.29 is 13.2 Å². The molecule has 0 saturated carbocycles. The summed E-state index contributed by atoms with van der Waals surface area (Å²) >= 11 is 0. The van der Waals surface area contributed by atoms with Crippen LogP contribution in [-0.2, 0) is 10.2 Å². The summed E-state index contributed by atoms with van der Waals surface area (Å²) in [6, 6.07) is 16.1. The summed E-state index contributed by atoms with van der Waals surface area (Å²) in [4.78, 5) is 0. The molecule has 0 heterocycles. The normalized spacial score (nSPS) is 11.3. The maximum atomic E-state index is 11.9. The molecule has 0 spiro atoms. The van der Waals surface area contributed by atoms with E-state index in [2.05, 4.69) is 4.72 Å². The maximum absolute atomic E-state index is 11.9. The third-order valence-electron chi connectivity index (χ3n) is 2.58. The fraction of sp³-hybridized carbons (Fsp3) is 0.143. The molecule has 6 heteroatoms. The zero-order valence-electron chi connectivity index (χ0n) is 11.3. The van der Waals surface area contributed by atoms with E-state index in [1.807, 2.05) is 18.2 Å². The van der Waals surface area contributed by atoms with E-state index in [1.165, 1.54) is 14.1 Å². The van der Waals surface area contributed by atoms with Gasteiger partial charge in [0.2, 0.25) is 0 Å². The molecule has 20 heavy (non-hydrogen) atoms. The lowest BCUT2D eigenvalue weighted by Gasteiger charge is -2.16. The molecule has 0 atom stereocenters. The van der Waals surface area contributed by atoms with E-state index in [1.54, 1.807) is 36.4 Å². The van der Waals surface area contributed by atoms with Crippen LogP contribution in [0.15, 0.2) is 54.6 Å². The lowest BCUT2D eigenvalue weighted by Crippen LogP contribution is -2.29. The highest BCUT2D eigenvalue weighted by Crippen LogP contribution is 2.29. The minimum atomic E-state index is -3.56. The van der Waals surface area contributed by atoms with E-state index in [0.717, 1.165) is 4.31 Å². The molecule has 106 valence electrons. The minimum absolute atomic E-state index is 0.394. The van der Waals surface area contributed by atoms with Crippen LogP contribution in [0.25, 0.3) is 0 Å². The highest BCUT2D eigenvalue weighted by Gasteiger charge is 2.15. The Morgan fingerprint density at radius 3 is 2.20 bits per heavy atom. The molecular formula is C14H16N2O3S. The van der Waals surface area contributed by atoms with Crippen LogP contribution in [0.4, 0.5) is 5.69 Å². The molecule has 2 aromatic rings. The molecule has 0 unspecified atom stereocenters. The number of hydrogen-bond acceptors (Lipinski definition) is 3. The van der Waals surface area contributed by atoms with Crippen LogP contribution in [0.1, 0.15) is 0 Å². The fourth-order valence-corrected chi connectivity index (χ4v) is 2.11. The SMILES string of the molecule is CN(C)S(=O)(=O)Nc1ccccc1Oc1ccccc1. The molecule has 0 bridgehead atoms. The molecule has 2 rings (SSSR count). The highest BCUT2D eigenvalue weighted by molar-refractivity contribution is 7.90. The maximum Gasteiger partial charge on any atom is 0.301 e. The first-order chi connectivity index (χ1) is 9.49. The van der Waals surface area contributed by atoms with Gasteiger partial charge in [0.25, 0.3) is 0 Å². The molecule has 1 N–H and O–H groups in total. The van der Waals surface area contributed by atoms with Gasteiger partial charge in [-0.2, -0.15) is 12.7 Å². The van der Waals surface area contributed by atoms with Gasteiger partial charge in [0.15, 0.2) is 5.75 Å². The number of para-hydroxylation sites is 3. The number of nitrogens with one attached hydrogen (secondary N) is 1. The third-order valence-corrected chi connectivity index (χ3v) is 4.02. The number of nitrogens with zero attached hydrogens (tertiary/aromatic N) is 1. The van der Waals surface area contributed by atoms with Crippen molar-refractivity contribution in [2.24, 2.45) is 0 Å². The first-order valence-corrected chi connectivity index (χ1v) is 7.45. The van der Waals surface area contributed by atoms with Crippen molar-refractivity contribution in [2.45, 2.75) is 0 Å². The molecule has 2 aromatic carbocycles. The second kappa shape index (κ2) is 5.94. The first kappa shape index (κ1) is 14.4. The fourth-order valence-electron chi connectivity index (χ4n) is 1.49. The molecule has 0 aliphatic heterocycles. The zero-order chi connectivity index (χ0) is 14.6. The molecular weight excluding hydrogens is 276 g/mol. The molecule has 0 aliphatic carbocycles.